The van der Waals surface area contributed by atoms with Crippen LogP contribution in [0.2, 0.25) is 0 Å². The van der Waals surface area contributed by atoms with Crippen LogP contribution in [0.1, 0.15) is 50.3 Å². The quantitative estimate of drug-likeness (QED) is 0.808. The summed E-state index contributed by atoms with van der Waals surface area (Å²) in [4.78, 5) is 0. The van der Waals surface area contributed by atoms with Gasteiger partial charge in [-0.1, -0.05) is 68.3 Å². The van der Waals surface area contributed by atoms with Crippen LogP contribution in [-0.2, 0) is 0 Å². The highest BCUT2D eigenvalue weighted by Gasteiger charge is 2.28. The second kappa shape index (κ2) is 5.80. The van der Waals surface area contributed by atoms with Gasteiger partial charge in [0.05, 0.1) is 6.04 Å². The van der Waals surface area contributed by atoms with Gasteiger partial charge < -0.3 is 5.32 Å². The second-order valence-electron chi connectivity index (χ2n) is 5.82. The van der Waals surface area contributed by atoms with E-state index in [2.05, 4.69) is 67.7 Å². The number of rotatable bonds is 5. The highest BCUT2D eigenvalue weighted by Crippen LogP contribution is 2.43. The van der Waals surface area contributed by atoms with Crippen molar-refractivity contribution in [1.82, 2.24) is 5.32 Å². The molecule has 0 heterocycles. The summed E-state index contributed by atoms with van der Waals surface area (Å²) in [5, 5.41) is 3.83. The van der Waals surface area contributed by atoms with E-state index in [0.29, 0.717) is 12.1 Å². The molecular weight excluding hydrogens is 242 g/mol. The van der Waals surface area contributed by atoms with Crippen molar-refractivity contribution >= 4 is 0 Å². The molecule has 2 aromatic rings. The molecule has 0 saturated heterocycles. The molecule has 0 radical (unpaired) electrons. The molecule has 0 aliphatic heterocycles. The van der Waals surface area contributed by atoms with Crippen LogP contribution in [0.25, 0.3) is 11.1 Å². The Kier molecular flexibility index (Phi) is 3.88. The minimum absolute atomic E-state index is 0.356. The third-order valence-electron chi connectivity index (χ3n) is 4.28. The van der Waals surface area contributed by atoms with E-state index in [1.807, 2.05) is 0 Å². The number of benzene rings is 2. The maximum Gasteiger partial charge on any atom is 0.0591 e. The molecule has 1 nitrogen and oxygen atoms in total. The Morgan fingerprint density at radius 1 is 0.950 bits per heavy atom. The van der Waals surface area contributed by atoms with Crippen LogP contribution in [0.5, 0.6) is 0 Å². The Labute approximate surface area is 122 Å². The second-order valence-corrected chi connectivity index (χ2v) is 5.82. The first-order chi connectivity index (χ1) is 9.81. The molecule has 3 rings (SSSR count). The van der Waals surface area contributed by atoms with E-state index in [4.69, 9.17) is 0 Å². The topological polar surface area (TPSA) is 12.0 Å². The zero-order valence-corrected chi connectivity index (χ0v) is 12.4. The minimum Gasteiger partial charge on any atom is -0.304 e. The van der Waals surface area contributed by atoms with Crippen LogP contribution in [0, 0.1) is 0 Å². The van der Waals surface area contributed by atoms with Gasteiger partial charge in [0.15, 0.2) is 0 Å². The fourth-order valence-corrected chi connectivity index (χ4v) is 3.21. The number of hydrogen-bond acceptors (Lipinski definition) is 1. The molecule has 2 aromatic carbocycles. The fourth-order valence-electron chi connectivity index (χ4n) is 3.21. The van der Waals surface area contributed by atoms with Crippen LogP contribution < -0.4 is 5.32 Å². The normalized spacial score (nSPS) is 14.9. The fraction of sp³-hybridized carbons (Fsp3) is 0.368. The molecule has 0 saturated carbocycles. The summed E-state index contributed by atoms with van der Waals surface area (Å²) >= 11 is 0. The zero-order valence-electron chi connectivity index (χ0n) is 12.4. The Morgan fingerprint density at radius 2 is 1.50 bits per heavy atom. The summed E-state index contributed by atoms with van der Waals surface area (Å²) in [7, 11) is 0. The monoisotopic (exact) mass is 265 g/mol. The van der Waals surface area contributed by atoms with E-state index in [9.17, 15) is 0 Å². The molecule has 0 bridgehead atoms. The van der Waals surface area contributed by atoms with Crippen molar-refractivity contribution in [2.75, 3.05) is 0 Å². The van der Waals surface area contributed by atoms with Gasteiger partial charge in [0.2, 0.25) is 0 Å². The van der Waals surface area contributed by atoms with Crippen molar-refractivity contribution in [3.05, 3.63) is 59.7 Å². The first kappa shape index (κ1) is 13.4. The van der Waals surface area contributed by atoms with E-state index in [1.165, 1.54) is 41.5 Å². The van der Waals surface area contributed by atoms with Gasteiger partial charge in [0.25, 0.3) is 0 Å². The summed E-state index contributed by atoms with van der Waals surface area (Å²) in [6.07, 6.45) is 3.81. The van der Waals surface area contributed by atoms with Crippen LogP contribution >= 0.6 is 0 Å². The Balaban J connectivity index is 1.91. The molecule has 0 fully saturated rings. The van der Waals surface area contributed by atoms with Gasteiger partial charge in [-0.3, -0.25) is 0 Å². The molecule has 1 N–H and O–H groups in total. The lowest BCUT2D eigenvalue weighted by molar-refractivity contribution is 0.463. The van der Waals surface area contributed by atoms with E-state index >= 15 is 0 Å². The maximum atomic E-state index is 3.83. The Morgan fingerprint density at radius 3 is 2.05 bits per heavy atom. The summed E-state index contributed by atoms with van der Waals surface area (Å²) in [5.41, 5.74) is 5.64. The molecule has 0 spiro atoms. The highest BCUT2D eigenvalue weighted by atomic mass is 15.0. The molecule has 0 amide bonds. The third-order valence-corrected chi connectivity index (χ3v) is 4.28. The molecule has 1 heteroatoms. The predicted molar refractivity (Wildman–Crippen MR) is 85.8 cm³/mol. The van der Waals surface area contributed by atoms with E-state index in [1.54, 1.807) is 0 Å². The van der Waals surface area contributed by atoms with Crippen LogP contribution in [-0.4, -0.2) is 6.04 Å². The van der Waals surface area contributed by atoms with Gasteiger partial charge in [-0.2, -0.15) is 0 Å². The molecule has 1 unspecified atom stereocenters. The first-order valence-corrected chi connectivity index (χ1v) is 7.75. The number of hydrogen-bond donors (Lipinski definition) is 1. The van der Waals surface area contributed by atoms with Gasteiger partial charge in [0.1, 0.15) is 0 Å². The van der Waals surface area contributed by atoms with Crippen molar-refractivity contribution in [1.29, 1.82) is 0 Å². The third kappa shape index (κ3) is 2.38. The summed E-state index contributed by atoms with van der Waals surface area (Å²) in [6.45, 7) is 4.56. The smallest absolute Gasteiger partial charge is 0.0591 e. The summed E-state index contributed by atoms with van der Waals surface area (Å²) in [5.74, 6) is 0. The maximum absolute atomic E-state index is 3.83. The van der Waals surface area contributed by atoms with Crippen LogP contribution in [0.4, 0.5) is 0 Å². The van der Waals surface area contributed by atoms with Crippen molar-refractivity contribution in [2.45, 2.75) is 45.2 Å². The van der Waals surface area contributed by atoms with Crippen molar-refractivity contribution in [3.63, 3.8) is 0 Å². The van der Waals surface area contributed by atoms with E-state index < -0.39 is 0 Å². The van der Waals surface area contributed by atoms with Gasteiger partial charge in [0, 0.05) is 6.04 Å². The van der Waals surface area contributed by atoms with Crippen LogP contribution in [0.15, 0.2) is 48.5 Å². The van der Waals surface area contributed by atoms with Gasteiger partial charge >= 0.3 is 0 Å². The summed E-state index contributed by atoms with van der Waals surface area (Å²) < 4.78 is 0. The van der Waals surface area contributed by atoms with Gasteiger partial charge in [-0.15, -0.1) is 0 Å². The number of nitrogens with one attached hydrogen (secondary N) is 1. The first-order valence-electron chi connectivity index (χ1n) is 7.75. The predicted octanol–water partition coefficient (Wildman–Crippen LogP) is 4.92. The molecule has 1 atom stereocenters. The lowest BCUT2D eigenvalue weighted by Crippen LogP contribution is -2.30. The van der Waals surface area contributed by atoms with Gasteiger partial charge in [-0.25, -0.2) is 0 Å². The largest absolute Gasteiger partial charge is 0.304 e. The van der Waals surface area contributed by atoms with Crippen molar-refractivity contribution < 1.29 is 0 Å². The van der Waals surface area contributed by atoms with E-state index in [-0.39, 0.29) is 0 Å². The molecule has 1 aliphatic carbocycles. The molecular formula is C19H23N. The number of unbranched alkanes of at least 4 members (excludes halogenated alkanes) is 1. The summed E-state index contributed by atoms with van der Waals surface area (Å²) in [6, 6.07) is 18.5. The molecule has 0 aromatic heterocycles. The van der Waals surface area contributed by atoms with E-state index in [0.717, 1.165) is 0 Å². The average molecular weight is 265 g/mol. The van der Waals surface area contributed by atoms with Crippen LogP contribution in [0.3, 0.4) is 0 Å². The molecule has 20 heavy (non-hydrogen) atoms. The minimum atomic E-state index is 0.356. The lowest BCUT2D eigenvalue weighted by Gasteiger charge is -2.21. The Bertz CT molecular complexity index is 542. The highest BCUT2D eigenvalue weighted by molar-refractivity contribution is 5.78. The average Bonchev–Trinajstić information content (AvgIpc) is 2.80. The lowest BCUT2D eigenvalue weighted by atomic mass is 10.0. The Hall–Kier alpha value is -1.60. The van der Waals surface area contributed by atoms with Crippen molar-refractivity contribution in [2.24, 2.45) is 0 Å². The number of fused-ring (bicyclic) bond motifs is 3. The molecule has 104 valence electrons. The zero-order chi connectivity index (χ0) is 13.9. The standard InChI is InChI=1S/C19H23N/c1-3-4-9-14(2)20-19-17-12-7-5-10-15(17)16-11-6-8-13-18(16)19/h5-8,10-14,19-20H,3-4,9H2,1-2H3. The van der Waals surface area contributed by atoms with Gasteiger partial charge in [-0.05, 0) is 35.6 Å². The molecule has 1 aliphatic rings. The SMILES string of the molecule is CCCCC(C)NC1c2ccccc2-c2ccccc21. The van der Waals surface area contributed by atoms with Crippen molar-refractivity contribution in [3.8, 4) is 11.1 Å².